The molecule has 0 saturated carbocycles. The van der Waals surface area contributed by atoms with Gasteiger partial charge in [0.05, 0.1) is 9.71 Å². The molecule has 0 aliphatic carbocycles. The Morgan fingerprint density at radius 1 is 1.07 bits per heavy atom. The minimum atomic E-state index is -0.361. The van der Waals surface area contributed by atoms with E-state index in [9.17, 15) is 9.59 Å². The highest BCUT2D eigenvalue weighted by Gasteiger charge is 2.18. The smallest absolute Gasteiger partial charge is 0.294 e. The Hall–Kier alpha value is -3.32. The zero-order chi connectivity index (χ0) is 20.5. The van der Waals surface area contributed by atoms with E-state index in [0.29, 0.717) is 11.2 Å². The predicted octanol–water partition coefficient (Wildman–Crippen LogP) is 4.08. The van der Waals surface area contributed by atoms with Crippen LogP contribution in [-0.2, 0) is 11.3 Å². The molecule has 0 aliphatic heterocycles. The fourth-order valence-corrected chi connectivity index (χ4v) is 4.09. The number of fused-ring (bicyclic) bond motifs is 1. The van der Waals surface area contributed by atoms with Crippen LogP contribution in [0.15, 0.2) is 53.3 Å². The molecule has 1 amide bonds. The normalized spacial score (nSPS) is 11.0. The quantitative estimate of drug-likeness (QED) is 0.556. The van der Waals surface area contributed by atoms with Crippen LogP contribution >= 0.6 is 11.3 Å². The van der Waals surface area contributed by atoms with Crippen LogP contribution in [0, 0.1) is 20.8 Å². The summed E-state index contributed by atoms with van der Waals surface area (Å²) in [7, 11) is 0. The summed E-state index contributed by atoms with van der Waals surface area (Å²) in [5.74, 6) is -0.307. The van der Waals surface area contributed by atoms with Crippen molar-refractivity contribution in [1.29, 1.82) is 0 Å². The number of amides is 1. The first kappa shape index (κ1) is 19.0. The SMILES string of the molecule is Cc1nc2c(=O)n(CC(=O)Nc3cccc(C)c3C)nc(-c3ccccc3)c2s1. The van der Waals surface area contributed by atoms with Gasteiger partial charge in [-0.25, -0.2) is 9.67 Å². The molecule has 4 rings (SSSR count). The first-order chi connectivity index (χ1) is 13.9. The number of anilines is 1. The van der Waals surface area contributed by atoms with E-state index in [-0.39, 0.29) is 18.0 Å². The van der Waals surface area contributed by atoms with Crippen LogP contribution in [0.4, 0.5) is 5.69 Å². The molecule has 1 N–H and O–H groups in total. The number of hydrogen-bond acceptors (Lipinski definition) is 5. The lowest BCUT2D eigenvalue weighted by Crippen LogP contribution is -2.30. The highest BCUT2D eigenvalue weighted by Crippen LogP contribution is 2.29. The van der Waals surface area contributed by atoms with E-state index >= 15 is 0 Å². The van der Waals surface area contributed by atoms with Gasteiger partial charge in [0, 0.05) is 11.3 Å². The number of thiazole rings is 1. The fraction of sp³-hybridized carbons (Fsp3) is 0.182. The number of carbonyl (C=O) groups is 1. The van der Waals surface area contributed by atoms with E-state index in [1.165, 1.54) is 16.0 Å². The molecule has 0 unspecified atom stereocenters. The second-order valence-corrected chi connectivity index (χ2v) is 8.09. The predicted molar refractivity (Wildman–Crippen MR) is 116 cm³/mol. The molecular weight excluding hydrogens is 384 g/mol. The maximum absolute atomic E-state index is 12.9. The molecule has 0 aliphatic rings. The van der Waals surface area contributed by atoms with Crippen molar-refractivity contribution in [3.8, 4) is 11.3 Å². The second-order valence-electron chi connectivity index (χ2n) is 6.88. The number of rotatable bonds is 4. The third-order valence-corrected chi connectivity index (χ3v) is 5.80. The van der Waals surface area contributed by atoms with Gasteiger partial charge in [0.25, 0.3) is 5.56 Å². The number of hydrogen-bond donors (Lipinski definition) is 1. The number of carbonyl (C=O) groups excluding carboxylic acids is 1. The maximum atomic E-state index is 12.9. The van der Waals surface area contributed by atoms with Crippen molar-refractivity contribution < 1.29 is 4.79 Å². The molecule has 6 nitrogen and oxygen atoms in total. The van der Waals surface area contributed by atoms with Crippen molar-refractivity contribution in [1.82, 2.24) is 14.8 Å². The number of aromatic nitrogens is 3. The standard InChI is InChI=1S/C22H20N4O2S/c1-13-8-7-11-17(14(13)2)24-18(27)12-26-22(28)20-21(29-15(3)23-20)19(25-26)16-9-5-4-6-10-16/h4-11H,12H2,1-3H3,(H,24,27). The monoisotopic (exact) mass is 404 g/mol. The first-order valence-electron chi connectivity index (χ1n) is 9.24. The molecule has 2 aromatic heterocycles. The highest BCUT2D eigenvalue weighted by molar-refractivity contribution is 7.19. The van der Waals surface area contributed by atoms with Crippen LogP contribution in [0.3, 0.4) is 0 Å². The highest BCUT2D eigenvalue weighted by atomic mass is 32.1. The van der Waals surface area contributed by atoms with Crippen molar-refractivity contribution in [3.63, 3.8) is 0 Å². The van der Waals surface area contributed by atoms with Crippen LogP contribution in [0.25, 0.3) is 21.5 Å². The van der Waals surface area contributed by atoms with Crippen molar-refractivity contribution in [3.05, 3.63) is 75.0 Å². The van der Waals surface area contributed by atoms with Gasteiger partial charge in [0.2, 0.25) is 5.91 Å². The Bertz CT molecular complexity index is 1280. The maximum Gasteiger partial charge on any atom is 0.294 e. The fourth-order valence-electron chi connectivity index (χ4n) is 3.17. The Kier molecular flexibility index (Phi) is 4.98. The zero-order valence-corrected chi connectivity index (χ0v) is 17.2. The molecule has 146 valence electrons. The first-order valence-corrected chi connectivity index (χ1v) is 10.1. The van der Waals surface area contributed by atoms with E-state index in [1.54, 1.807) is 0 Å². The number of aryl methyl sites for hydroxylation is 2. The van der Waals surface area contributed by atoms with Gasteiger partial charge in [0.15, 0.2) is 5.52 Å². The average molecular weight is 404 g/mol. The van der Waals surface area contributed by atoms with Crippen LogP contribution < -0.4 is 10.9 Å². The van der Waals surface area contributed by atoms with Gasteiger partial charge in [-0.2, -0.15) is 5.10 Å². The molecule has 0 saturated heterocycles. The van der Waals surface area contributed by atoms with Gasteiger partial charge in [-0.05, 0) is 38.0 Å². The number of nitrogens with zero attached hydrogens (tertiary/aromatic N) is 3. The van der Waals surface area contributed by atoms with Crippen molar-refractivity contribution in [2.75, 3.05) is 5.32 Å². The van der Waals surface area contributed by atoms with Crippen molar-refractivity contribution in [2.24, 2.45) is 0 Å². The van der Waals surface area contributed by atoms with Gasteiger partial charge in [-0.15, -0.1) is 11.3 Å². The summed E-state index contributed by atoms with van der Waals surface area (Å²) < 4.78 is 1.94. The lowest BCUT2D eigenvalue weighted by molar-refractivity contribution is -0.117. The largest absolute Gasteiger partial charge is 0.324 e. The molecule has 0 fully saturated rings. The number of nitrogens with one attached hydrogen (secondary N) is 1. The van der Waals surface area contributed by atoms with Gasteiger partial charge < -0.3 is 5.32 Å². The molecule has 0 spiro atoms. The van der Waals surface area contributed by atoms with Crippen LogP contribution in [0.1, 0.15) is 16.1 Å². The Morgan fingerprint density at radius 3 is 2.59 bits per heavy atom. The van der Waals surface area contributed by atoms with Crippen LogP contribution in [0.2, 0.25) is 0 Å². The van der Waals surface area contributed by atoms with E-state index in [2.05, 4.69) is 15.4 Å². The molecule has 29 heavy (non-hydrogen) atoms. The summed E-state index contributed by atoms with van der Waals surface area (Å²) in [6.45, 7) is 5.61. The summed E-state index contributed by atoms with van der Waals surface area (Å²) in [6.07, 6.45) is 0. The van der Waals surface area contributed by atoms with E-state index in [0.717, 1.165) is 32.1 Å². The van der Waals surface area contributed by atoms with E-state index in [4.69, 9.17) is 0 Å². The Labute approximate surface area is 171 Å². The minimum Gasteiger partial charge on any atom is -0.324 e. The summed E-state index contributed by atoms with van der Waals surface area (Å²) in [5.41, 5.74) is 4.34. The summed E-state index contributed by atoms with van der Waals surface area (Å²) >= 11 is 1.43. The molecular formula is C22H20N4O2S. The lowest BCUT2D eigenvalue weighted by Gasteiger charge is -2.12. The molecule has 0 bridgehead atoms. The van der Waals surface area contributed by atoms with Crippen molar-refractivity contribution in [2.45, 2.75) is 27.3 Å². The van der Waals surface area contributed by atoms with E-state index < -0.39 is 0 Å². The third-order valence-electron chi connectivity index (χ3n) is 4.83. The second kappa shape index (κ2) is 7.60. The Balaban J connectivity index is 1.74. The molecule has 7 heteroatoms. The number of benzene rings is 2. The van der Waals surface area contributed by atoms with E-state index in [1.807, 2.05) is 69.3 Å². The molecule has 2 heterocycles. The van der Waals surface area contributed by atoms with Crippen molar-refractivity contribution >= 4 is 33.1 Å². The Morgan fingerprint density at radius 2 is 1.83 bits per heavy atom. The molecule has 0 atom stereocenters. The average Bonchev–Trinajstić information content (AvgIpc) is 3.10. The van der Waals surface area contributed by atoms with Gasteiger partial charge in [-0.3, -0.25) is 9.59 Å². The zero-order valence-electron chi connectivity index (χ0n) is 16.4. The summed E-state index contributed by atoms with van der Waals surface area (Å²) in [4.78, 5) is 29.9. The van der Waals surface area contributed by atoms with Gasteiger partial charge in [0.1, 0.15) is 12.2 Å². The third kappa shape index (κ3) is 3.69. The van der Waals surface area contributed by atoms with Gasteiger partial charge >= 0.3 is 0 Å². The van der Waals surface area contributed by atoms with Crippen LogP contribution in [0.5, 0.6) is 0 Å². The topological polar surface area (TPSA) is 76.9 Å². The molecule has 4 aromatic rings. The van der Waals surface area contributed by atoms with Crippen LogP contribution in [-0.4, -0.2) is 20.7 Å². The minimum absolute atomic E-state index is 0.182. The molecule has 2 aromatic carbocycles. The summed E-state index contributed by atoms with van der Waals surface area (Å²) in [6, 6.07) is 15.3. The lowest BCUT2D eigenvalue weighted by atomic mass is 10.1. The molecule has 0 radical (unpaired) electrons. The summed E-state index contributed by atoms with van der Waals surface area (Å²) in [5, 5.41) is 8.19. The van der Waals surface area contributed by atoms with Gasteiger partial charge in [-0.1, -0.05) is 42.5 Å².